The van der Waals surface area contributed by atoms with Gasteiger partial charge in [0.1, 0.15) is 11.3 Å². The van der Waals surface area contributed by atoms with E-state index >= 15 is 0 Å². The van der Waals surface area contributed by atoms with Gasteiger partial charge in [-0.05, 0) is 54.8 Å². The van der Waals surface area contributed by atoms with Crippen molar-refractivity contribution in [3.05, 3.63) is 95.2 Å². The maximum Gasteiger partial charge on any atom is 0.325 e. The van der Waals surface area contributed by atoms with Crippen LogP contribution >= 0.6 is 0 Å². The fourth-order valence-electron chi connectivity index (χ4n) is 6.15. The zero-order chi connectivity index (χ0) is 26.8. The van der Waals surface area contributed by atoms with Crippen LogP contribution in [-0.2, 0) is 20.8 Å². The minimum Gasteiger partial charge on any atom is -0.508 e. The Bertz CT molecular complexity index is 1630. The normalized spacial score (nSPS) is 24.8. The second-order valence-electron chi connectivity index (χ2n) is 10.3. The standard InChI is InChI=1S/C30H27N3O5/c1-16-11-12-19(13-17(16)2)33-27(35)24-25(28(33)36)30(29(37)38,32-26(24)21-8-4-6-10-23(21)34)14-18-15-31-22-9-5-3-7-20(18)22/h3-13,15,24-26,31-32,34H,14H2,1-2H3,(H,37,38)/t24-,25+,26+,30-/m1/s1. The van der Waals surface area contributed by atoms with Crippen molar-refractivity contribution >= 4 is 34.4 Å². The first-order chi connectivity index (χ1) is 18.2. The average Bonchev–Trinajstić information content (AvgIpc) is 3.54. The summed E-state index contributed by atoms with van der Waals surface area (Å²) < 4.78 is 0. The molecule has 192 valence electrons. The summed E-state index contributed by atoms with van der Waals surface area (Å²) >= 11 is 0. The number of carbonyl (C=O) groups is 3. The Morgan fingerprint density at radius 2 is 1.71 bits per heavy atom. The lowest BCUT2D eigenvalue weighted by atomic mass is 9.76. The second kappa shape index (κ2) is 8.56. The molecule has 1 aromatic heterocycles. The van der Waals surface area contributed by atoms with Crippen LogP contribution in [0, 0.1) is 25.7 Å². The molecule has 2 aliphatic heterocycles. The molecule has 2 saturated heterocycles. The Hall–Kier alpha value is -4.43. The Balaban J connectivity index is 1.53. The van der Waals surface area contributed by atoms with Gasteiger partial charge >= 0.3 is 5.97 Å². The Morgan fingerprint density at radius 3 is 2.45 bits per heavy atom. The summed E-state index contributed by atoms with van der Waals surface area (Å²) in [5.74, 6) is -4.53. The highest BCUT2D eigenvalue weighted by molar-refractivity contribution is 6.24. The molecule has 8 heteroatoms. The van der Waals surface area contributed by atoms with E-state index in [0.29, 0.717) is 11.3 Å². The molecule has 0 spiro atoms. The van der Waals surface area contributed by atoms with Crippen molar-refractivity contribution in [3.63, 3.8) is 0 Å². The number of anilines is 1. The molecule has 0 unspecified atom stereocenters. The number of carboxylic acids is 1. The van der Waals surface area contributed by atoms with Crippen LogP contribution in [0.5, 0.6) is 5.75 Å². The SMILES string of the molecule is Cc1ccc(N2C(=O)[C@@H]3[C@@H](C2=O)[C@](Cc2c[nH]c4ccccc24)(C(=O)O)N[C@H]3c2ccccc2O)cc1C. The smallest absolute Gasteiger partial charge is 0.325 e. The zero-order valence-corrected chi connectivity index (χ0v) is 20.9. The Morgan fingerprint density at radius 1 is 0.974 bits per heavy atom. The van der Waals surface area contributed by atoms with Crippen LogP contribution in [0.25, 0.3) is 10.9 Å². The number of phenolic OH excluding ortho intramolecular Hbond substituents is 1. The van der Waals surface area contributed by atoms with Gasteiger partial charge in [0.15, 0.2) is 0 Å². The molecular formula is C30H27N3O5. The second-order valence-corrected chi connectivity index (χ2v) is 10.3. The number of amides is 2. The number of rotatable bonds is 5. The molecule has 0 aliphatic carbocycles. The van der Waals surface area contributed by atoms with E-state index in [4.69, 9.17) is 0 Å². The summed E-state index contributed by atoms with van der Waals surface area (Å²) in [6, 6.07) is 18.5. The van der Waals surface area contributed by atoms with Crippen molar-refractivity contribution in [2.24, 2.45) is 11.8 Å². The van der Waals surface area contributed by atoms with Crippen molar-refractivity contribution in [1.82, 2.24) is 10.3 Å². The number of aromatic amines is 1. The van der Waals surface area contributed by atoms with Gasteiger partial charge in [0, 0.05) is 35.1 Å². The summed E-state index contributed by atoms with van der Waals surface area (Å²) in [4.78, 5) is 45.6. The molecule has 4 N–H and O–H groups in total. The number of imide groups is 1. The minimum absolute atomic E-state index is 0.0304. The number of phenols is 1. The topological polar surface area (TPSA) is 123 Å². The molecule has 3 heterocycles. The summed E-state index contributed by atoms with van der Waals surface area (Å²) in [5.41, 5.74) is 2.51. The quantitative estimate of drug-likeness (QED) is 0.302. The monoisotopic (exact) mass is 509 g/mol. The van der Waals surface area contributed by atoms with Gasteiger partial charge in [-0.15, -0.1) is 0 Å². The number of aryl methyl sites for hydroxylation is 2. The molecule has 8 nitrogen and oxygen atoms in total. The predicted molar refractivity (Wildman–Crippen MR) is 142 cm³/mol. The minimum atomic E-state index is -1.79. The van der Waals surface area contributed by atoms with Crippen LogP contribution in [0.1, 0.15) is 28.3 Å². The molecule has 0 radical (unpaired) electrons. The Labute approximate surface area is 218 Å². The summed E-state index contributed by atoms with van der Waals surface area (Å²) in [6.07, 6.45) is 1.72. The fraction of sp³-hybridized carbons (Fsp3) is 0.233. The van der Waals surface area contributed by atoms with Crippen LogP contribution in [0.15, 0.2) is 72.9 Å². The lowest BCUT2D eigenvalue weighted by Gasteiger charge is -2.31. The maximum absolute atomic E-state index is 14.1. The van der Waals surface area contributed by atoms with E-state index < -0.39 is 41.2 Å². The first kappa shape index (κ1) is 23.9. The van der Waals surface area contributed by atoms with Crippen molar-refractivity contribution in [3.8, 4) is 5.75 Å². The van der Waals surface area contributed by atoms with E-state index in [1.165, 1.54) is 6.07 Å². The van der Waals surface area contributed by atoms with E-state index in [1.807, 2.05) is 44.2 Å². The highest BCUT2D eigenvalue weighted by Crippen LogP contribution is 2.52. The van der Waals surface area contributed by atoms with Crippen molar-refractivity contribution < 1.29 is 24.6 Å². The third-order valence-electron chi connectivity index (χ3n) is 8.20. The van der Waals surface area contributed by atoms with Crippen molar-refractivity contribution in [1.29, 1.82) is 0 Å². The van der Waals surface area contributed by atoms with Gasteiger partial charge in [0.2, 0.25) is 11.8 Å². The summed E-state index contributed by atoms with van der Waals surface area (Å²) in [7, 11) is 0. The molecular weight excluding hydrogens is 482 g/mol. The lowest BCUT2D eigenvalue weighted by Crippen LogP contribution is -2.57. The van der Waals surface area contributed by atoms with Gasteiger partial charge in [0.05, 0.1) is 17.5 Å². The van der Waals surface area contributed by atoms with E-state index in [2.05, 4.69) is 10.3 Å². The molecule has 0 bridgehead atoms. The average molecular weight is 510 g/mol. The number of fused-ring (bicyclic) bond motifs is 2. The van der Waals surface area contributed by atoms with Crippen molar-refractivity contribution in [2.75, 3.05) is 4.90 Å². The van der Waals surface area contributed by atoms with Crippen LogP contribution in [0.4, 0.5) is 5.69 Å². The molecule has 6 rings (SSSR count). The van der Waals surface area contributed by atoms with Gasteiger partial charge in [-0.3, -0.25) is 19.7 Å². The first-order valence-corrected chi connectivity index (χ1v) is 12.5. The number of carbonyl (C=O) groups excluding carboxylic acids is 2. The molecule has 0 saturated carbocycles. The Kier molecular flexibility index (Phi) is 5.39. The van der Waals surface area contributed by atoms with Gasteiger partial charge in [-0.2, -0.15) is 0 Å². The predicted octanol–water partition coefficient (Wildman–Crippen LogP) is 4.01. The zero-order valence-electron chi connectivity index (χ0n) is 20.9. The lowest BCUT2D eigenvalue weighted by molar-refractivity contribution is -0.148. The molecule has 38 heavy (non-hydrogen) atoms. The number of hydrogen-bond acceptors (Lipinski definition) is 5. The van der Waals surface area contributed by atoms with Gasteiger partial charge < -0.3 is 15.2 Å². The number of aromatic hydroxyl groups is 1. The number of aromatic nitrogens is 1. The number of nitrogens with zero attached hydrogens (tertiary/aromatic N) is 1. The van der Waals surface area contributed by atoms with Crippen LogP contribution in [0.2, 0.25) is 0 Å². The largest absolute Gasteiger partial charge is 0.508 e. The first-order valence-electron chi connectivity index (χ1n) is 12.5. The van der Waals surface area contributed by atoms with Crippen LogP contribution < -0.4 is 10.2 Å². The van der Waals surface area contributed by atoms with Crippen LogP contribution in [-0.4, -0.2) is 38.5 Å². The highest BCUT2D eigenvalue weighted by atomic mass is 16.4. The highest BCUT2D eigenvalue weighted by Gasteiger charge is 2.69. The van der Waals surface area contributed by atoms with E-state index in [9.17, 15) is 24.6 Å². The van der Waals surface area contributed by atoms with Crippen LogP contribution in [0.3, 0.4) is 0 Å². The van der Waals surface area contributed by atoms with Gasteiger partial charge in [-0.25, -0.2) is 4.90 Å². The molecule has 2 aliphatic rings. The summed E-state index contributed by atoms with van der Waals surface area (Å²) in [6.45, 7) is 3.84. The maximum atomic E-state index is 14.1. The van der Waals surface area contributed by atoms with Crippen molar-refractivity contribution in [2.45, 2.75) is 31.8 Å². The fourth-order valence-corrected chi connectivity index (χ4v) is 6.15. The molecule has 4 aromatic rings. The number of para-hydroxylation sites is 2. The van der Waals surface area contributed by atoms with E-state index in [1.54, 1.807) is 36.5 Å². The van der Waals surface area contributed by atoms with Gasteiger partial charge in [0.25, 0.3) is 0 Å². The number of nitrogens with one attached hydrogen (secondary N) is 2. The van der Waals surface area contributed by atoms with E-state index in [0.717, 1.165) is 32.5 Å². The summed E-state index contributed by atoms with van der Waals surface area (Å²) in [5, 5.41) is 25.5. The van der Waals surface area contributed by atoms with E-state index in [-0.39, 0.29) is 12.2 Å². The number of carboxylic acid groups (broad SMARTS) is 1. The molecule has 3 aromatic carbocycles. The number of benzene rings is 3. The number of hydrogen-bond donors (Lipinski definition) is 4. The number of aliphatic carboxylic acids is 1. The molecule has 2 amide bonds. The number of H-pyrrole nitrogens is 1. The third kappa shape index (κ3) is 3.37. The molecule has 4 atom stereocenters. The third-order valence-corrected chi connectivity index (χ3v) is 8.20. The molecule has 2 fully saturated rings. The van der Waals surface area contributed by atoms with Gasteiger partial charge in [-0.1, -0.05) is 42.5 Å².